The smallest absolute Gasteiger partial charge is 0.268 e. The predicted molar refractivity (Wildman–Crippen MR) is 112 cm³/mol. The molecule has 0 radical (unpaired) electrons. The minimum atomic E-state index is -3.56. The van der Waals surface area contributed by atoms with E-state index in [9.17, 15) is 13.2 Å². The molecule has 8 nitrogen and oxygen atoms in total. The number of carbonyl (C=O) groups is 1. The molecular formula is C21H28N4O4S. The highest BCUT2D eigenvalue weighted by molar-refractivity contribution is 7.89. The van der Waals surface area contributed by atoms with E-state index < -0.39 is 10.0 Å². The van der Waals surface area contributed by atoms with Crippen LogP contribution in [0.25, 0.3) is 0 Å². The molecule has 162 valence electrons. The molecule has 1 saturated heterocycles. The molecular weight excluding hydrogens is 404 g/mol. The average molecular weight is 433 g/mol. The van der Waals surface area contributed by atoms with Crippen molar-refractivity contribution in [3.8, 4) is 5.88 Å². The number of pyridine rings is 1. The van der Waals surface area contributed by atoms with E-state index in [1.54, 1.807) is 17.8 Å². The summed E-state index contributed by atoms with van der Waals surface area (Å²) in [5, 5.41) is 2.87. The summed E-state index contributed by atoms with van der Waals surface area (Å²) in [5.41, 5.74) is 1.10. The zero-order valence-electron chi connectivity index (χ0n) is 17.2. The summed E-state index contributed by atoms with van der Waals surface area (Å²) in [6.07, 6.45) is 9.50. The molecule has 0 bridgehead atoms. The predicted octanol–water partition coefficient (Wildman–Crippen LogP) is 2.46. The molecule has 1 amide bonds. The molecule has 9 heteroatoms. The molecule has 1 saturated carbocycles. The Morgan fingerprint density at radius 1 is 1.23 bits per heavy atom. The van der Waals surface area contributed by atoms with E-state index in [4.69, 9.17) is 4.74 Å². The van der Waals surface area contributed by atoms with E-state index in [0.29, 0.717) is 24.7 Å². The number of hydrogen-bond donors (Lipinski definition) is 1. The average Bonchev–Trinajstić information content (AvgIpc) is 3.49. The number of sulfonamides is 1. The van der Waals surface area contributed by atoms with Gasteiger partial charge in [-0.25, -0.2) is 13.4 Å². The molecule has 30 heavy (non-hydrogen) atoms. The summed E-state index contributed by atoms with van der Waals surface area (Å²) in [6.45, 7) is 1.32. The lowest BCUT2D eigenvalue weighted by Gasteiger charge is -2.15. The van der Waals surface area contributed by atoms with Crippen molar-refractivity contribution in [3.05, 3.63) is 41.9 Å². The number of rotatable bonds is 7. The number of nitrogens with zero attached hydrogens (tertiary/aromatic N) is 3. The number of carbonyl (C=O) groups excluding carboxylic acids is 1. The molecule has 1 aliphatic carbocycles. The van der Waals surface area contributed by atoms with Gasteiger partial charge in [-0.1, -0.05) is 6.07 Å². The van der Waals surface area contributed by atoms with Crippen LogP contribution in [0, 0.1) is 0 Å². The Kier molecular flexibility index (Phi) is 6.10. The maximum atomic E-state index is 12.8. The topological polar surface area (TPSA) is 93.5 Å². The normalized spacial score (nSPS) is 18.0. The van der Waals surface area contributed by atoms with Crippen LogP contribution in [-0.2, 0) is 23.6 Å². The molecule has 0 unspecified atom stereocenters. The SMILES string of the molecule is Cn1cc(S(=O)(=O)N2CCCC2)cc1C(=O)NCc1cccnc1OC1CCCC1. The molecule has 0 spiro atoms. The van der Waals surface area contributed by atoms with Crippen LogP contribution in [0.15, 0.2) is 35.5 Å². The van der Waals surface area contributed by atoms with Crippen LogP contribution >= 0.6 is 0 Å². The van der Waals surface area contributed by atoms with Crippen LogP contribution in [0.2, 0.25) is 0 Å². The van der Waals surface area contributed by atoms with Crippen LogP contribution in [0.3, 0.4) is 0 Å². The summed E-state index contributed by atoms with van der Waals surface area (Å²) in [7, 11) is -1.88. The summed E-state index contributed by atoms with van der Waals surface area (Å²) >= 11 is 0. The Morgan fingerprint density at radius 2 is 1.97 bits per heavy atom. The van der Waals surface area contributed by atoms with Crippen molar-refractivity contribution >= 4 is 15.9 Å². The van der Waals surface area contributed by atoms with Gasteiger partial charge >= 0.3 is 0 Å². The van der Waals surface area contributed by atoms with Crippen LogP contribution < -0.4 is 10.1 Å². The van der Waals surface area contributed by atoms with Crippen LogP contribution in [0.4, 0.5) is 0 Å². The molecule has 4 rings (SSSR count). The van der Waals surface area contributed by atoms with Gasteiger partial charge < -0.3 is 14.6 Å². The first kappa shape index (κ1) is 20.9. The van der Waals surface area contributed by atoms with E-state index >= 15 is 0 Å². The Labute approximate surface area is 177 Å². The maximum absolute atomic E-state index is 12.8. The van der Waals surface area contributed by atoms with Gasteiger partial charge in [0.25, 0.3) is 5.91 Å². The second-order valence-corrected chi connectivity index (χ2v) is 9.90. The zero-order valence-corrected chi connectivity index (χ0v) is 18.0. The first-order chi connectivity index (χ1) is 14.4. The highest BCUT2D eigenvalue weighted by Crippen LogP contribution is 2.25. The maximum Gasteiger partial charge on any atom is 0.268 e. The monoisotopic (exact) mass is 432 g/mol. The van der Waals surface area contributed by atoms with E-state index in [-0.39, 0.29) is 23.5 Å². The Morgan fingerprint density at radius 3 is 2.70 bits per heavy atom. The Hall–Kier alpha value is -2.39. The largest absolute Gasteiger partial charge is 0.474 e. The molecule has 2 fully saturated rings. The van der Waals surface area contributed by atoms with Crippen molar-refractivity contribution < 1.29 is 17.9 Å². The van der Waals surface area contributed by atoms with E-state index in [1.165, 1.54) is 29.4 Å². The standard InChI is InChI=1S/C21H28N4O4S/c1-24-15-18(30(27,28)25-11-4-5-12-25)13-19(24)20(26)23-14-16-7-6-10-22-21(16)29-17-8-2-3-9-17/h6-7,10,13,15,17H,2-5,8-9,11-12,14H2,1H3,(H,23,26). The molecule has 3 heterocycles. The Balaban J connectivity index is 1.44. The lowest BCUT2D eigenvalue weighted by atomic mass is 10.2. The lowest BCUT2D eigenvalue weighted by Crippen LogP contribution is -2.27. The fourth-order valence-corrected chi connectivity index (χ4v) is 5.66. The van der Waals surface area contributed by atoms with Crippen molar-refractivity contribution in [2.75, 3.05) is 13.1 Å². The first-order valence-corrected chi connectivity index (χ1v) is 11.9. The van der Waals surface area contributed by atoms with Gasteiger partial charge in [0.15, 0.2) is 0 Å². The van der Waals surface area contributed by atoms with Crippen LogP contribution in [0.5, 0.6) is 5.88 Å². The number of amides is 1. The van der Waals surface area contributed by atoms with Crippen molar-refractivity contribution in [2.24, 2.45) is 7.05 Å². The molecule has 2 aromatic rings. The number of aromatic nitrogens is 2. The molecule has 0 aromatic carbocycles. The molecule has 0 atom stereocenters. The van der Waals surface area contributed by atoms with Crippen LogP contribution in [-0.4, -0.2) is 47.4 Å². The van der Waals surface area contributed by atoms with Crippen LogP contribution in [0.1, 0.15) is 54.6 Å². The van der Waals surface area contributed by atoms with Crippen molar-refractivity contribution in [1.29, 1.82) is 0 Å². The summed E-state index contributed by atoms with van der Waals surface area (Å²) in [6, 6.07) is 5.14. The number of ether oxygens (including phenoxy) is 1. The third-order valence-corrected chi connectivity index (χ3v) is 7.65. The first-order valence-electron chi connectivity index (χ1n) is 10.5. The second-order valence-electron chi connectivity index (χ2n) is 7.96. The van der Waals surface area contributed by atoms with Gasteiger partial charge in [-0.15, -0.1) is 0 Å². The number of aryl methyl sites for hydroxylation is 1. The van der Waals surface area contributed by atoms with Crippen molar-refractivity contribution in [1.82, 2.24) is 19.2 Å². The summed E-state index contributed by atoms with van der Waals surface area (Å²) in [5.74, 6) is 0.213. The second kappa shape index (κ2) is 8.77. The number of nitrogens with one attached hydrogen (secondary N) is 1. The lowest BCUT2D eigenvalue weighted by molar-refractivity contribution is 0.0942. The fraction of sp³-hybridized carbons (Fsp3) is 0.524. The Bertz CT molecular complexity index is 1010. The molecule has 1 aliphatic heterocycles. The van der Waals surface area contributed by atoms with Gasteiger partial charge in [0.1, 0.15) is 16.7 Å². The van der Waals surface area contributed by atoms with Gasteiger partial charge in [0.05, 0.1) is 0 Å². The van der Waals surface area contributed by atoms with E-state index in [1.807, 2.05) is 12.1 Å². The zero-order chi connectivity index (χ0) is 21.1. The van der Waals surface area contributed by atoms with Gasteiger partial charge in [0, 0.05) is 44.6 Å². The van der Waals surface area contributed by atoms with Crippen molar-refractivity contribution in [2.45, 2.75) is 56.1 Å². The summed E-state index contributed by atoms with van der Waals surface area (Å²) in [4.78, 5) is 17.2. The number of hydrogen-bond acceptors (Lipinski definition) is 5. The third-order valence-electron chi connectivity index (χ3n) is 5.79. The quantitative estimate of drug-likeness (QED) is 0.725. The van der Waals surface area contributed by atoms with Gasteiger partial charge in [-0.3, -0.25) is 4.79 Å². The third kappa shape index (κ3) is 4.37. The van der Waals surface area contributed by atoms with Gasteiger partial charge in [0.2, 0.25) is 15.9 Å². The fourth-order valence-electron chi connectivity index (χ4n) is 4.07. The molecule has 2 aromatic heterocycles. The molecule has 2 aliphatic rings. The van der Waals surface area contributed by atoms with Gasteiger partial charge in [-0.05, 0) is 50.7 Å². The van der Waals surface area contributed by atoms with Crippen molar-refractivity contribution in [3.63, 3.8) is 0 Å². The minimum Gasteiger partial charge on any atom is -0.474 e. The van der Waals surface area contributed by atoms with Gasteiger partial charge in [-0.2, -0.15) is 4.31 Å². The van der Waals surface area contributed by atoms with E-state index in [0.717, 1.165) is 31.2 Å². The highest BCUT2D eigenvalue weighted by Gasteiger charge is 2.29. The minimum absolute atomic E-state index is 0.156. The van der Waals surface area contributed by atoms with E-state index in [2.05, 4.69) is 10.3 Å². The highest BCUT2D eigenvalue weighted by atomic mass is 32.2. The summed E-state index contributed by atoms with van der Waals surface area (Å²) < 4.78 is 34.6. The molecule has 1 N–H and O–H groups in total.